The Morgan fingerprint density at radius 3 is 3.00 bits per heavy atom. The van der Waals surface area contributed by atoms with Crippen LogP contribution in [0, 0.1) is 10.1 Å². The average Bonchev–Trinajstić information content (AvgIpc) is 2.70. The quantitative estimate of drug-likeness (QED) is 0.491. The fourth-order valence-corrected chi connectivity index (χ4v) is 2.38. The van der Waals surface area contributed by atoms with Crippen LogP contribution in [-0.2, 0) is 4.74 Å². The monoisotopic (exact) mass is 294 g/mol. The first-order valence-electron chi connectivity index (χ1n) is 6.69. The number of carbonyl (C=O) groups excluding carboxylic acids is 1. The molecule has 0 bridgehead atoms. The zero-order valence-corrected chi connectivity index (χ0v) is 11.7. The Kier molecular flexibility index (Phi) is 4.71. The summed E-state index contributed by atoms with van der Waals surface area (Å²) in [5, 5.41) is 11.2. The Hall–Kier alpha value is -2.19. The van der Waals surface area contributed by atoms with Gasteiger partial charge < -0.3 is 15.1 Å². The minimum absolute atomic E-state index is 0.0320. The highest BCUT2D eigenvalue weighted by Gasteiger charge is 2.29. The molecule has 0 radical (unpaired) electrons. The lowest BCUT2D eigenvalue weighted by atomic mass is 10.1. The van der Waals surface area contributed by atoms with Crippen LogP contribution in [0.15, 0.2) is 18.2 Å². The van der Waals surface area contributed by atoms with Gasteiger partial charge in [-0.3, -0.25) is 20.8 Å². The summed E-state index contributed by atoms with van der Waals surface area (Å²) >= 11 is 0. The fourth-order valence-electron chi connectivity index (χ4n) is 2.38. The minimum atomic E-state index is -0.597. The Morgan fingerprint density at radius 1 is 1.57 bits per heavy atom. The van der Waals surface area contributed by atoms with E-state index in [0.717, 1.165) is 0 Å². The van der Waals surface area contributed by atoms with Crippen LogP contribution in [0.1, 0.15) is 23.7 Å². The van der Waals surface area contributed by atoms with Gasteiger partial charge in [0.15, 0.2) is 0 Å². The van der Waals surface area contributed by atoms with E-state index in [1.165, 1.54) is 12.1 Å². The number of benzene rings is 1. The molecule has 0 aliphatic carbocycles. The van der Waals surface area contributed by atoms with E-state index in [1.807, 2.05) is 6.92 Å². The molecule has 8 heteroatoms. The first kappa shape index (κ1) is 15.2. The van der Waals surface area contributed by atoms with Crippen LogP contribution in [0.5, 0.6) is 0 Å². The SMILES string of the molecule is CC1CN(C(=O)c2cccc(NN)c2[N+](=O)[O-])CCCO1. The van der Waals surface area contributed by atoms with Gasteiger partial charge in [-0.25, -0.2) is 0 Å². The molecule has 8 nitrogen and oxygen atoms in total. The molecule has 21 heavy (non-hydrogen) atoms. The summed E-state index contributed by atoms with van der Waals surface area (Å²) in [5.74, 6) is 4.91. The van der Waals surface area contributed by atoms with Crippen LogP contribution in [0.2, 0.25) is 0 Å². The van der Waals surface area contributed by atoms with Gasteiger partial charge >= 0.3 is 5.69 Å². The van der Waals surface area contributed by atoms with Crippen LogP contribution in [0.25, 0.3) is 0 Å². The number of nitrogens with zero attached hydrogens (tertiary/aromatic N) is 2. The molecule has 1 aliphatic heterocycles. The van der Waals surface area contributed by atoms with Crippen LogP contribution in [0.4, 0.5) is 11.4 Å². The first-order chi connectivity index (χ1) is 10.0. The van der Waals surface area contributed by atoms with Crippen LogP contribution in [0.3, 0.4) is 0 Å². The lowest BCUT2D eigenvalue weighted by Gasteiger charge is -2.22. The number of nitro groups is 1. The molecule has 1 amide bonds. The van der Waals surface area contributed by atoms with Crippen molar-refractivity contribution < 1.29 is 14.5 Å². The van der Waals surface area contributed by atoms with Crippen molar-refractivity contribution in [2.75, 3.05) is 25.1 Å². The van der Waals surface area contributed by atoms with Gasteiger partial charge in [0.1, 0.15) is 11.3 Å². The smallest absolute Gasteiger partial charge is 0.306 e. The number of carbonyl (C=O) groups is 1. The van der Waals surface area contributed by atoms with Crippen molar-refractivity contribution in [3.05, 3.63) is 33.9 Å². The average molecular weight is 294 g/mol. The van der Waals surface area contributed by atoms with Crippen molar-refractivity contribution in [2.45, 2.75) is 19.4 Å². The number of rotatable bonds is 3. The summed E-state index contributed by atoms with van der Waals surface area (Å²) in [6, 6.07) is 4.47. The van der Waals surface area contributed by atoms with Gasteiger partial charge in [-0.05, 0) is 25.5 Å². The molecule has 2 rings (SSSR count). The standard InChI is InChI=1S/C13H18N4O4/c1-9-8-16(6-3-7-21-9)13(18)10-4-2-5-11(15-14)12(10)17(19)20/h2,4-5,9,15H,3,6-8,14H2,1H3. The molecule has 0 spiro atoms. The number of nitrogens with one attached hydrogen (secondary N) is 1. The number of hydrazine groups is 1. The number of nitrogens with two attached hydrogens (primary N) is 1. The van der Waals surface area contributed by atoms with Crippen LogP contribution >= 0.6 is 0 Å². The fraction of sp³-hybridized carbons (Fsp3) is 0.462. The first-order valence-corrected chi connectivity index (χ1v) is 6.69. The molecule has 114 valence electrons. The molecule has 3 N–H and O–H groups in total. The maximum atomic E-state index is 12.6. The number of ether oxygens (including phenoxy) is 1. The number of para-hydroxylation sites is 1. The zero-order chi connectivity index (χ0) is 15.4. The van der Waals surface area contributed by atoms with Crippen molar-refractivity contribution in [2.24, 2.45) is 5.84 Å². The summed E-state index contributed by atoms with van der Waals surface area (Å²) in [6.45, 7) is 3.38. The molecular formula is C13H18N4O4. The van der Waals surface area contributed by atoms with E-state index in [1.54, 1.807) is 11.0 Å². The highest BCUT2D eigenvalue weighted by molar-refractivity contribution is 6.00. The van der Waals surface area contributed by atoms with Gasteiger partial charge in [0.05, 0.1) is 11.0 Å². The third-order valence-electron chi connectivity index (χ3n) is 3.34. The highest BCUT2D eigenvalue weighted by Crippen LogP contribution is 2.29. The molecule has 0 saturated carbocycles. The van der Waals surface area contributed by atoms with Gasteiger partial charge in [0.25, 0.3) is 5.91 Å². The number of anilines is 1. The summed E-state index contributed by atoms with van der Waals surface area (Å²) in [7, 11) is 0. The van der Waals surface area contributed by atoms with Crippen molar-refractivity contribution in [1.29, 1.82) is 0 Å². The largest absolute Gasteiger partial charge is 0.377 e. The van der Waals surface area contributed by atoms with Crippen LogP contribution < -0.4 is 11.3 Å². The maximum Gasteiger partial charge on any atom is 0.306 e. The van der Waals surface area contributed by atoms with Gasteiger partial charge in [0.2, 0.25) is 0 Å². The van der Waals surface area contributed by atoms with E-state index in [4.69, 9.17) is 10.6 Å². The summed E-state index contributed by atoms with van der Waals surface area (Å²) < 4.78 is 5.48. The number of hydrogen-bond donors (Lipinski definition) is 2. The zero-order valence-electron chi connectivity index (χ0n) is 11.7. The molecule has 0 aromatic heterocycles. The third kappa shape index (κ3) is 3.29. The molecule has 1 unspecified atom stereocenters. The molecule has 1 aromatic carbocycles. The van der Waals surface area contributed by atoms with E-state index in [-0.39, 0.29) is 28.9 Å². The number of amides is 1. The third-order valence-corrected chi connectivity index (χ3v) is 3.34. The predicted molar refractivity (Wildman–Crippen MR) is 76.8 cm³/mol. The molecule has 1 heterocycles. The summed E-state index contributed by atoms with van der Waals surface area (Å²) in [5.41, 5.74) is 2.10. The number of hydrogen-bond acceptors (Lipinski definition) is 6. The minimum Gasteiger partial charge on any atom is -0.377 e. The second kappa shape index (κ2) is 6.51. The van der Waals surface area contributed by atoms with E-state index >= 15 is 0 Å². The summed E-state index contributed by atoms with van der Waals surface area (Å²) in [4.78, 5) is 24.8. The van der Waals surface area contributed by atoms with Gasteiger partial charge in [-0.1, -0.05) is 6.07 Å². The Balaban J connectivity index is 2.36. The highest BCUT2D eigenvalue weighted by atomic mass is 16.6. The number of nitro benzene ring substituents is 1. The topological polar surface area (TPSA) is 111 Å². The second-order valence-electron chi connectivity index (χ2n) is 4.89. The van der Waals surface area contributed by atoms with E-state index in [9.17, 15) is 14.9 Å². The molecule has 1 atom stereocenters. The van der Waals surface area contributed by atoms with E-state index < -0.39 is 4.92 Å². The van der Waals surface area contributed by atoms with Gasteiger partial charge in [0, 0.05) is 19.7 Å². The maximum absolute atomic E-state index is 12.6. The molecule has 1 aliphatic rings. The predicted octanol–water partition coefficient (Wildman–Crippen LogP) is 1.13. The van der Waals surface area contributed by atoms with E-state index in [2.05, 4.69) is 5.43 Å². The van der Waals surface area contributed by atoms with E-state index in [0.29, 0.717) is 26.1 Å². The Labute approximate surface area is 122 Å². The lowest BCUT2D eigenvalue weighted by Crippen LogP contribution is -2.36. The molecule has 1 aromatic rings. The van der Waals surface area contributed by atoms with Gasteiger partial charge in [-0.2, -0.15) is 0 Å². The second-order valence-corrected chi connectivity index (χ2v) is 4.89. The summed E-state index contributed by atoms with van der Waals surface area (Å²) in [6.07, 6.45) is 0.616. The normalized spacial score (nSPS) is 19.0. The van der Waals surface area contributed by atoms with Crippen molar-refractivity contribution in [3.63, 3.8) is 0 Å². The lowest BCUT2D eigenvalue weighted by molar-refractivity contribution is -0.384. The van der Waals surface area contributed by atoms with Crippen molar-refractivity contribution in [1.82, 2.24) is 4.90 Å². The van der Waals surface area contributed by atoms with Crippen molar-refractivity contribution in [3.8, 4) is 0 Å². The van der Waals surface area contributed by atoms with Gasteiger partial charge in [-0.15, -0.1) is 0 Å². The van der Waals surface area contributed by atoms with Crippen LogP contribution in [-0.4, -0.2) is 41.5 Å². The molecular weight excluding hydrogens is 276 g/mol. The Bertz CT molecular complexity index is 549. The number of nitrogen functional groups attached to an aromatic ring is 1. The Morgan fingerprint density at radius 2 is 2.33 bits per heavy atom. The van der Waals surface area contributed by atoms with Crippen molar-refractivity contribution >= 4 is 17.3 Å². The molecule has 1 fully saturated rings. The molecule has 1 saturated heterocycles.